The van der Waals surface area contributed by atoms with Crippen LogP contribution >= 0.6 is 0 Å². The van der Waals surface area contributed by atoms with Crippen LogP contribution in [-0.2, 0) is 0 Å². The smallest absolute Gasteiger partial charge is 0.119 e. The van der Waals surface area contributed by atoms with Crippen LogP contribution in [0.5, 0.6) is 5.75 Å². The first kappa shape index (κ1) is 14.8. The average molecular weight is 250 g/mol. The minimum atomic E-state index is 0.226. The molecule has 0 aromatic heterocycles. The molecular weight excluding hydrogens is 224 g/mol. The molecule has 3 nitrogen and oxygen atoms in total. The molecule has 0 aliphatic heterocycles. The van der Waals surface area contributed by atoms with E-state index in [0.717, 1.165) is 24.5 Å². The molecule has 0 aliphatic rings. The second kappa shape index (κ2) is 7.98. The van der Waals surface area contributed by atoms with Gasteiger partial charge in [-0.15, -0.1) is 0 Å². The monoisotopic (exact) mass is 250 g/mol. The Kier molecular flexibility index (Phi) is 6.58. The maximum atomic E-state index is 5.62. The summed E-state index contributed by atoms with van der Waals surface area (Å²) in [4.78, 5) is 0. The van der Waals surface area contributed by atoms with E-state index in [2.05, 4.69) is 29.7 Å². The summed E-state index contributed by atoms with van der Waals surface area (Å²) in [5.74, 6) is 1.60. The number of benzene rings is 1. The quantitative estimate of drug-likeness (QED) is 0.743. The highest BCUT2D eigenvalue weighted by molar-refractivity contribution is 5.46. The summed E-state index contributed by atoms with van der Waals surface area (Å²) in [6.45, 7) is 8.36. The minimum Gasteiger partial charge on any atom is -0.491 e. The topological polar surface area (TPSA) is 33.3 Å². The van der Waals surface area contributed by atoms with Crippen LogP contribution in [0.3, 0.4) is 0 Å². The van der Waals surface area contributed by atoms with Crippen LogP contribution in [0, 0.1) is 5.92 Å². The average Bonchev–Trinajstić information content (AvgIpc) is 2.35. The Hall–Kier alpha value is -1.22. The van der Waals surface area contributed by atoms with Gasteiger partial charge in [0.2, 0.25) is 0 Å². The molecule has 2 N–H and O–H groups in total. The molecule has 1 aromatic carbocycles. The predicted molar refractivity (Wildman–Crippen MR) is 78.4 cm³/mol. The molecule has 102 valence electrons. The van der Waals surface area contributed by atoms with E-state index in [1.165, 1.54) is 6.42 Å². The molecule has 1 rings (SSSR count). The Morgan fingerprint density at radius 3 is 2.28 bits per heavy atom. The molecule has 0 bridgehead atoms. The van der Waals surface area contributed by atoms with Gasteiger partial charge >= 0.3 is 0 Å². The van der Waals surface area contributed by atoms with Crippen LogP contribution in [0.1, 0.15) is 27.2 Å². The van der Waals surface area contributed by atoms with Crippen LogP contribution in [0.15, 0.2) is 24.3 Å². The molecule has 18 heavy (non-hydrogen) atoms. The SMILES string of the molecule is CCC(CNC)CNc1ccc(OC(C)C)cc1. The zero-order valence-corrected chi connectivity index (χ0v) is 12.0. The van der Waals surface area contributed by atoms with E-state index in [1.807, 2.05) is 33.0 Å². The Bertz CT molecular complexity index is 322. The van der Waals surface area contributed by atoms with Crippen LogP contribution in [0.2, 0.25) is 0 Å². The van der Waals surface area contributed by atoms with Gasteiger partial charge in [0, 0.05) is 12.2 Å². The molecule has 1 aromatic rings. The molecule has 1 unspecified atom stereocenters. The number of nitrogens with one attached hydrogen (secondary N) is 2. The van der Waals surface area contributed by atoms with Gasteiger partial charge in [0.15, 0.2) is 0 Å². The predicted octanol–water partition coefficient (Wildman–Crippen LogP) is 3.13. The van der Waals surface area contributed by atoms with Gasteiger partial charge in [-0.05, 0) is 57.6 Å². The Labute approximate surface area is 111 Å². The molecule has 0 radical (unpaired) electrons. The number of hydrogen-bond donors (Lipinski definition) is 2. The van der Waals surface area contributed by atoms with Gasteiger partial charge in [-0.1, -0.05) is 13.3 Å². The van der Waals surface area contributed by atoms with Gasteiger partial charge in [-0.25, -0.2) is 0 Å². The highest BCUT2D eigenvalue weighted by Crippen LogP contribution is 2.17. The third kappa shape index (κ3) is 5.41. The lowest BCUT2D eigenvalue weighted by Crippen LogP contribution is -2.24. The van der Waals surface area contributed by atoms with Gasteiger partial charge in [0.1, 0.15) is 5.75 Å². The van der Waals surface area contributed by atoms with Gasteiger partial charge in [-0.3, -0.25) is 0 Å². The second-order valence-corrected chi connectivity index (χ2v) is 4.90. The van der Waals surface area contributed by atoms with Crippen molar-refractivity contribution in [2.75, 3.05) is 25.5 Å². The van der Waals surface area contributed by atoms with Crippen LogP contribution in [0.25, 0.3) is 0 Å². The lowest BCUT2D eigenvalue weighted by atomic mass is 10.1. The van der Waals surface area contributed by atoms with Crippen LogP contribution < -0.4 is 15.4 Å². The third-order valence-electron chi connectivity index (χ3n) is 2.89. The minimum absolute atomic E-state index is 0.226. The normalized spacial score (nSPS) is 12.5. The van der Waals surface area contributed by atoms with Crippen molar-refractivity contribution in [1.29, 1.82) is 0 Å². The molecular formula is C15H26N2O. The van der Waals surface area contributed by atoms with Crippen molar-refractivity contribution in [2.45, 2.75) is 33.3 Å². The summed E-state index contributed by atoms with van der Waals surface area (Å²) in [5.41, 5.74) is 1.15. The molecule has 0 aliphatic carbocycles. The first-order valence-electron chi connectivity index (χ1n) is 6.80. The maximum Gasteiger partial charge on any atom is 0.119 e. The first-order chi connectivity index (χ1) is 8.65. The van der Waals surface area contributed by atoms with Crippen molar-refractivity contribution >= 4 is 5.69 Å². The number of anilines is 1. The van der Waals surface area contributed by atoms with Crippen molar-refractivity contribution in [3.63, 3.8) is 0 Å². The van der Waals surface area contributed by atoms with E-state index in [4.69, 9.17) is 4.74 Å². The lowest BCUT2D eigenvalue weighted by Gasteiger charge is -2.16. The first-order valence-corrected chi connectivity index (χ1v) is 6.80. The summed E-state index contributed by atoms with van der Waals surface area (Å²) in [5, 5.41) is 6.69. The van der Waals surface area contributed by atoms with E-state index in [0.29, 0.717) is 5.92 Å². The largest absolute Gasteiger partial charge is 0.491 e. The Morgan fingerprint density at radius 2 is 1.78 bits per heavy atom. The molecule has 0 fully saturated rings. The van der Waals surface area contributed by atoms with E-state index in [1.54, 1.807) is 0 Å². The highest BCUT2D eigenvalue weighted by atomic mass is 16.5. The second-order valence-electron chi connectivity index (χ2n) is 4.90. The fraction of sp³-hybridized carbons (Fsp3) is 0.600. The maximum absolute atomic E-state index is 5.62. The molecule has 3 heteroatoms. The molecule has 0 amide bonds. The van der Waals surface area contributed by atoms with Crippen LogP contribution in [0.4, 0.5) is 5.69 Å². The van der Waals surface area contributed by atoms with Gasteiger partial charge in [0.25, 0.3) is 0 Å². The van der Waals surface area contributed by atoms with Crippen molar-refractivity contribution in [3.8, 4) is 5.75 Å². The molecule has 0 saturated heterocycles. The van der Waals surface area contributed by atoms with Gasteiger partial charge < -0.3 is 15.4 Å². The summed E-state index contributed by atoms with van der Waals surface area (Å²) < 4.78 is 5.62. The van der Waals surface area contributed by atoms with E-state index < -0.39 is 0 Å². The summed E-state index contributed by atoms with van der Waals surface area (Å²) >= 11 is 0. The highest BCUT2D eigenvalue weighted by Gasteiger charge is 2.04. The molecule has 1 atom stereocenters. The fourth-order valence-electron chi connectivity index (χ4n) is 1.84. The fourth-order valence-corrected chi connectivity index (χ4v) is 1.84. The molecule has 0 heterocycles. The summed E-state index contributed by atoms with van der Waals surface area (Å²) in [6.07, 6.45) is 1.41. The van der Waals surface area contributed by atoms with E-state index >= 15 is 0 Å². The lowest BCUT2D eigenvalue weighted by molar-refractivity contribution is 0.242. The van der Waals surface area contributed by atoms with Gasteiger partial charge in [-0.2, -0.15) is 0 Å². The zero-order valence-electron chi connectivity index (χ0n) is 12.0. The number of rotatable bonds is 8. The number of hydrogen-bond acceptors (Lipinski definition) is 3. The zero-order chi connectivity index (χ0) is 13.4. The molecule has 0 saturated carbocycles. The van der Waals surface area contributed by atoms with E-state index in [9.17, 15) is 0 Å². The Balaban J connectivity index is 2.43. The summed E-state index contributed by atoms with van der Waals surface area (Å²) in [7, 11) is 2.00. The van der Waals surface area contributed by atoms with Crippen molar-refractivity contribution in [1.82, 2.24) is 5.32 Å². The van der Waals surface area contributed by atoms with Crippen molar-refractivity contribution < 1.29 is 4.74 Å². The molecule has 0 spiro atoms. The van der Waals surface area contributed by atoms with Crippen molar-refractivity contribution in [2.24, 2.45) is 5.92 Å². The summed E-state index contributed by atoms with van der Waals surface area (Å²) in [6, 6.07) is 8.18. The van der Waals surface area contributed by atoms with E-state index in [-0.39, 0.29) is 6.10 Å². The van der Waals surface area contributed by atoms with Gasteiger partial charge in [0.05, 0.1) is 6.10 Å². The standard InChI is InChI=1S/C15H26N2O/c1-5-13(10-16-4)11-17-14-6-8-15(9-7-14)18-12(2)3/h6-9,12-13,16-17H,5,10-11H2,1-4H3. The number of ether oxygens (including phenoxy) is 1. The Morgan fingerprint density at radius 1 is 1.11 bits per heavy atom. The van der Waals surface area contributed by atoms with Crippen LogP contribution in [-0.4, -0.2) is 26.2 Å². The third-order valence-corrected chi connectivity index (χ3v) is 2.89. The van der Waals surface area contributed by atoms with Crippen molar-refractivity contribution in [3.05, 3.63) is 24.3 Å².